The Bertz CT molecular complexity index is 1050. The van der Waals surface area contributed by atoms with E-state index in [-0.39, 0.29) is 18.2 Å². The van der Waals surface area contributed by atoms with Crippen molar-refractivity contribution in [3.05, 3.63) is 106 Å². The Balaban J connectivity index is 1.94. The molecule has 0 saturated heterocycles. The number of carbonyl (C=O) groups excluding carboxylic acids is 2. The maximum Gasteiger partial charge on any atom is 0.243 e. The van der Waals surface area contributed by atoms with E-state index in [1.54, 1.807) is 4.90 Å². The lowest BCUT2D eigenvalue weighted by molar-refractivity contribution is -0.140. The third kappa shape index (κ3) is 7.57. The molecule has 0 saturated carbocycles. The van der Waals surface area contributed by atoms with Crippen LogP contribution in [0.25, 0.3) is 0 Å². The number of halogens is 1. The normalized spacial score (nSPS) is 11.6. The predicted molar refractivity (Wildman–Crippen MR) is 137 cm³/mol. The molecule has 33 heavy (non-hydrogen) atoms. The first-order chi connectivity index (χ1) is 16.0. The standard InChI is InChI=1S/C28H31BrN2O2/c1-3-16-30-28(33)26(18-22-8-5-4-6-9-22)31(20-24-10-7-11-25(29)17-24)27(32)19-23-14-12-21(2)13-15-23/h4-15,17,26H,3,16,18-20H2,1-2H3,(H,30,33)/t26-/m1/s1. The second kappa shape index (κ2) is 12.4. The van der Waals surface area contributed by atoms with Gasteiger partial charge >= 0.3 is 0 Å². The van der Waals surface area contributed by atoms with Crippen molar-refractivity contribution < 1.29 is 9.59 Å². The fourth-order valence-corrected chi connectivity index (χ4v) is 4.18. The van der Waals surface area contributed by atoms with Crippen LogP contribution in [-0.4, -0.2) is 29.3 Å². The summed E-state index contributed by atoms with van der Waals surface area (Å²) in [5, 5.41) is 3.01. The first kappa shape index (κ1) is 24.7. The molecule has 0 fully saturated rings. The highest BCUT2D eigenvalue weighted by Crippen LogP contribution is 2.19. The highest BCUT2D eigenvalue weighted by Gasteiger charge is 2.30. The first-order valence-corrected chi connectivity index (χ1v) is 12.2. The van der Waals surface area contributed by atoms with Crippen LogP contribution in [0.5, 0.6) is 0 Å². The summed E-state index contributed by atoms with van der Waals surface area (Å²) in [7, 11) is 0. The molecule has 0 unspecified atom stereocenters. The average Bonchev–Trinajstić information content (AvgIpc) is 2.82. The van der Waals surface area contributed by atoms with Crippen LogP contribution >= 0.6 is 15.9 Å². The summed E-state index contributed by atoms with van der Waals surface area (Å²) >= 11 is 3.52. The predicted octanol–water partition coefficient (Wildman–Crippen LogP) is 5.47. The van der Waals surface area contributed by atoms with Crippen molar-refractivity contribution in [1.29, 1.82) is 0 Å². The fourth-order valence-electron chi connectivity index (χ4n) is 3.73. The van der Waals surface area contributed by atoms with E-state index in [0.717, 1.165) is 33.1 Å². The van der Waals surface area contributed by atoms with Gasteiger partial charge in [-0.1, -0.05) is 95.1 Å². The van der Waals surface area contributed by atoms with E-state index in [1.165, 1.54) is 0 Å². The highest BCUT2D eigenvalue weighted by atomic mass is 79.9. The van der Waals surface area contributed by atoms with Crippen LogP contribution in [0.1, 0.15) is 35.6 Å². The zero-order chi connectivity index (χ0) is 23.6. The molecule has 4 nitrogen and oxygen atoms in total. The molecule has 0 aliphatic carbocycles. The first-order valence-electron chi connectivity index (χ1n) is 11.4. The Morgan fingerprint density at radius 1 is 0.909 bits per heavy atom. The number of nitrogens with one attached hydrogen (secondary N) is 1. The van der Waals surface area contributed by atoms with Crippen LogP contribution < -0.4 is 5.32 Å². The summed E-state index contributed by atoms with van der Waals surface area (Å²) in [6.07, 6.45) is 1.55. The van der Waals surface area contributed by atoms with Crippen molar-refractivity contribution in [2.75, 3.05) is 6.54 Å². The van der Waals surface area contributed by atoms with Crippen LogP contribution in [0.15, 0.2) is 83.3 Å². The number of aryl methyl sites for hydroxylation is 1. The smallest absolute Gasteiger partial charge is 0.243 e. The molecule has 0 aliphatic heterocycles. The summed E-state index contributed by atoms with van der Waals surface area (Å²) < 4.78 is 0.945. The van der Waals surface area contributed by atoms with E-state index in [4.69, 9.17) is 0 Å². The van der Waals surface area contributed by atoms with Crippen molar-refractivity contribution in [3.8, 4) is 0 Å². The maximum absolute atomic E-state index is 13.6. The molecule has 0 radical (unpaired) electrons. The number of amides is 2. The van der Waals surface area contributed by atoms with Gasteiger partial charge in [0.05, 0.1) is 6.42 Å². The molecule has 0 aromatic heterocycles. The Kier molecular flexibility index (Phi) is 9.25. The van der Waals surface area contributed by atoms with Gasteiger partial charge in [-0.25, -0.2) is 0 Å². The molecule has 0 heterocycles. The van der Waals surface area contributed by atoms with E-state index < -0.39 is 6.04 Å². The lowest BCUT2D eigenvalue weighted by atomic mass is 10.0. The molecule has 3 aromatic rings. The van der Waals surface area contributed by atoms with Gasteiger partial charge in [0, 0.05) is 24.0 Å². The summed E-state index contributed by atoms with van der Waals surface area (Å²) in [6, 6.07) is 25.2. The number of benzene rings is 3. The van der Waals surface area contributed by atoms with Gasteiger partial charge in [-0.3, -0.25) is 9.59 Å². The van der Waals surface area contributed by atoms with Crippen molar-refractivity contribution in [2.45, 2.75) is 45.7 Å². The number of carbonyl (C=O) groups is 2. The van der Waals surface area contributed by atoms with Gasteiger partial charge in [-0.2, -0.15) is 0 Å². The largest absolute Gasteiger partial charge is 0.354 e. The Morgan fingerprint density at radius 3 is 2.27 bits per heavy atom. The van der Waals surface area contributed by atoms with Crippen molar-refractivity contribution in [1.82, 2.24) is 10.2 Å². The maximum atomic E-state index is 13.6. The monoisotopic (exact) mass is 506 g/mol. The van der Waals surface area contributed by atoms with E-state index >= 15 is 0 Å². The molecule has 2 amide bonds. The zero-order valence-electron chi connectivity index (χ0n) is 19.3. The van der Waals surface area contributed by atoms with Crippen molar-refractivity contribution in [3.63, 3.8) is 0 Å². The Hall–Kier alpha value is -2.92. The molecule has 0 aliphatic rings. The van der Waals surface area contributed by atoms with Crippen LogP contribution in [0.2, 0.25) is 0 Å². The quantitative estimate of drug-likeness (QED) is 0.396. The third-order valence-electron chi connectivity index (χ3n) is 5.54. The second-order valence-electron chi connectivity index (χ2n) is 8.31. The van der Waals surface area contributed by atoms with Crippen LogP contribution in [-0.2, 0) is 29.0 Å². The Morgan fingerprint density at radius 2 is 1.61 bits per heavy atom. The molecule has 1 N–H and O–H groups in total. The van der Waals surface area contributed by atoms with Gasteiger partial charge in [0.2, 0.25) is 11.8 Å². The minimum atomic E-state index is -0.601. The van der Waals surface area contributed by atoms with Gasteiger partial charge < -0.3 is 10.2 Å². The fraction of sp³-hybridized carbons (Fsp3) is 0.286. The zero-order valence-corrected chi connectivity index (χ0v) is 20.8. The molecular weight excluding hydrogens is 476 g/mol. The average molecular weight is 507 g/mol. The summed E-state index contributed by atoms with van der Waals surface area (Å²) in [6.45, 7) is 5.00. The molecule has 1 atom stereocenters. The lowest BCUT2D eigenvalue weighted by Gasteiger charge is -2.31. The minimum Gasteiger partial charge on any atom is -0.354 e. The van der Waals surface area contributed by atoms with E-state index in [9.17, 15) is 9.59 Å². The van der Waals surface area contributed by atoms with E-state index in [1.807, 2.05) is 92.7 Å². The van der Waals surface area contributed by atoms with E-state index in [2.05, 4.69) is 21.2 Å². The van der Waals surface area contributed by atoms with Gasteiger partial charge in [-0.05, 0) is 42.2 Å². The molecule has 0 spiro atoms. The summed E-state index contributed by atoms with van der Waals surface area (Å²) in [4.78, 5) is 28.7. The highest BCUT2D eigenvalue weighted by molar-refractivity contribution is 9.10. The van der Waals surface area contributed by atoms with Crippen molar-refractivity contribution in [2.24, 2.45) is 0 Å². The molecule has 3 rings (SSSR count). The molecule has 5 heteroatoms. The number of hydrogen-bond acceptors (Lipinski definition) is 2. The summed E-state index contributed by atoms with van der Waals surface area (Å²) in [5.41, 5.74) is 4.09. The van der Waals surface area contributed by atoms with Gasteiger partial charge in [0.1, 0.15) is 6.04 Å². The second-order valence-corrected chi connectivity index (χ2v) is 9.23. The van der Waals surface area contributed by atoms with Crippen LogP contribution in [0.3, 0.4) is 0 Å². The minimum absolute atomic E-state index is 0.0635. The third-order valence-corrected chi connectivity index (χ3v) is 6.03. The molecule has 172 valence electrons. The van der Waals surface area contributed by atoms with Crippen LogP contribution in [0.4, 0.5) is 0 Å². The molecular formula is C28H31BrN2O2. The van der Waals surface area contributed by atoms with Gasteiger partial charge in [0.15, 0.2) is 0 Å². The molecule has 3 aromatic carbocycles. The number of hydrogen-bond donors (Lipinski definition) is 1. The SMILES string of the molecule is CCCNC(=O)[C@@H](Cc1ccccc1)N(Cc1cccc(Br)c1)C(=O)Cc1ccc(C)cc1. The van der Waals surface area contributed by atoms with Gasteiger partial charge in [0.25, 0.3) is 0 Å². The topological polar surface area (TPSA) is 49.4 Å². The Labute approximate surface area is 205 Å². The molecule has 0 bridgehead atoms. The summed E-state index contributed by atoms with van der Waals surface area (Å²) in [5.74, 6) is -0.181. The van der Waals surface area contributed by atoms with Crippen LogP contribution in [0, 0.1) is 6.92 Å². The lowest BCUT2D eigenvalue weighted by Crippen LogP contribution is -2.51. The number of nitrogens with zero attached hydrogens (tertiary/aromatic N) is 1. The van der Waals surface area contributed by atoms with E-state index in [0.29, 0.717) is 19.5 Å². The van der Waals surface area contributed by atoms with Gasteiger partial charge in [-0.15, -0.1) is 0 Å². The number of rotatable bonds is 10. The van der Waals surface area contributed by atoms with Crippen molar-refractivity contribution >= 4 is 27.7 Å².